The lowest BCUT2D eigenvalue weighted by molar-refractivity contribution is -0.384. The molecule has 25 heavy (non-hydrogen) atoms. The number of amides is 1. The van der Waals surface area contributed by atoms with E-state index >= 15 is 0 Å². The van der Waals surface area contributed by atoms with Crippen LogP contribution >= 0.6 is 0 Å². The fourth-order valence-electron chi connectivity index (χ4n) is 3.68. The molecule has 1 amide bonds. The molecule has 3 fully saturated rings. The zero-order valence-electron chi connectivity index (χ0n) is 13.8. The highest BCUT2D eigenvalue weighted by Gasteiger charge is 2.33. The molecule has 130 valence electrons. The SMILES string of the molecule is O=C(c1ccc(-c2cccc([N+](=O)[O-])c2)o1)N1CCN2CCC1CC2. The molecule has 0 atom stereocenters. The second-order valence-electron chi connectivity index (χ2n) is 6.54. The van der Waals surface area contributed by atoms with Crippen molar-refractivity contribution in [2.24, 2.45) is 0 Å². The van der Waals surface area contributed by atoms with E-state index in [2.05, 4.69) is 4.90 Å². The van der Waals surface area contributed by atoms with Gasteiger partial charge < -0.3 is 14.2 Å². The molecule has 0 radical (unpaired) electrons. The van der Waals surface area contributed by atoms with Crippen molar-refractivity contribution in [1.82, 2.24) is 9.80 Å². The van der Waals surface area contributed by atoms with Crippen LogP contribution in [-0.2, 0) is 0 Å². The molecule has 0 aliphatic carbocycles. The third kappa shape index (κ3) is 3.02. The molecule has 7 heteroatoms. The first-order valence-corrected chi connectivity index (χ1v) is 8.50. The normalized spacial score (nSPS) is 22.6. The number of rotatable bonds is 3. The molecule has 1 aromatic carbocycles. The standard InChI is InChI=1S/C18H19N3O4/c22-18(20-11-10-19-8-6-14(20)7-9-19)17-5-4-16(25-17)13-2-1-3-15(12-13)21(23)24/h1-5,12,14H,6-11H2. The van der Waals surface area contributed by atoms with E-state index in [1.54, 1.807) is 24.3 Å². The van der Waals surface area contributed by atoms with Crippen molar-refractivity contribution < 1.29 is 14.1 Å². The average molecular weight is 341 g/mol. The number of hydrogen-bond donors (Lipinski definition) is 0. The molecule has 0 N–H and O–H groups in total. The van der Waals surface area contributed by atoms with Crippen molar-refractivity contribution in [1.29, 1.82) is 0 Å². The first-order valence-electron chi connectivity index (χ1n) is 8.50. The fourth-order valence-corrected chi connectivity index (χ4v) is 3.68. The Morgan fingerprint density at radius 2 is 1.92 bits per heavy atom. The monoisotopic (exact) mass is 341 g/mol. The molecule has 3 aliphatic heterocycles. The summed E-state index contributed by atoms with van der Waals surface area (Å²) in [5, 5.41) is 10.9. The largest absolute Gasteiger partial charge is 0.451 e. The minimum absolute atomic E-state index is 0.000316. The van der Waals surface area contributed by atoms with Crippen molar-refractivity contribution in [3.8, 4) is 11.3 Å². The molecular weight excluding hydrogens is 322 g/mol. The number of nitrogens with zero attached hydrogens (tertiary/aromatic N) is 3. The van der Waals surface area contributed by atoms with Crippen molar-refractivity contribution in [3.63, 3.8) is 0 Å². The molecule has 0 spiro atoms. The Balaban J connectivity index is 1.57. The predicted molar refractivity (Wildman–Crippen MR) is 91.3 cm³/mol. The smallest absolute Gasteiger partial charge is 0.289 e. The lowest BCUT2D eigenvalue weighted by atomic mass is 10.1. The second kappa shape index (κ2) is 6.33. The summed E-state index contributed by atoms with van der Waals surface area (Å²) in [5.74, 6) is 0.669. The van der Waals surface area contributed by atoms with Crippen molar-refractivity contribution in [3.05, 3.63) is 52.3 Å². The summed E-state index contributed by atoms with van der Waals surface area (Å²) < 4.78 is 5.74. The highest BCUT2D eigenvalue weighted by Crippen LogP contribution is 2.28. The van der Waals surface area contributed by atoms with Gasteiger partial charge in [0.05, 0.1) is 4.92 Å². The molecule has 2 bridgehead atoms. The van der Waals surface area contributed by atoms with Gasteiger partial charge in [-0.1, -0.05) is 12.1 Å². The van der Waals surface area contributed by atoms with Crippen LogP contribution in [0.3, 0.4) is 0 Å². The molecule has 0 unspecified atom stereocenters. The first-order chi connectivity index (χ1) is 12.1. The molecule has 4 heterocycles. The maximum absolute atomic E-state index is 12.9. The number of carbonyl (C=O) groups is 1. The van der Waals surface area contributed by atoms with E-state index in [0.29, 0.717) is 17.1 Å². The van der Waals surface area contributed by atoms with Crippen LogP contribution in [0.1, 0.15) is 23.4 Å². The Bertz CT molecular complexity index is 808. The van der Waals surface area contributed by atoms with Crippen LogP contribution in [0.5, 0.6) is 0 Å². The highest BCUT2D eigenvalue weighted by molar-refractivity contribution is 5.92. The minimum atomic E-state index is -0.443. The number of fused-ring (bicyclic) bond motifs is 4. The van der Waals surface area contributed by atoms with E-state index in [0.717, 1.165) is 39.0 Å². The number of piperidine rings is 1. The summed E-state index contributed by atoms with van der Waals surface area (Å²) in [6.45, 7) is 3.72. The highest BCUT2D eigenvalue weighted by atomic mass is 16.6. The third-order valence-electron chi connectivity index (χ3n) is 5.07. The molecule has 0 saturated carbocycles. The van der Waals surface area contributed by atoms with E-state index in [1.165, 1.54) is 12.1 Å². The number of non-ortho nitro benzene ring substituents is 1. The molecule has 7 nitrogen and oxygen atoms in total. The van der Waals surface area contributed by atoms with E-state index in [1.807, 2.05) is 4.90 Å². The van der Waals surface area contributed by atoms with E-state index < -0.39 is 4.92 Å². The van der Waals surface area contributed by atoms with E-state index in [4.69, 9.17) is 4.42 Å². The summed E-state index contributed by atoms with van der Waals surface area (Å²) in [6, 6.07) is 9.87. The summed E-state index contributed by atoms with van der Waals surface area (Å²) in [7, 11) is 0. The molecule has 5 rings (SSSR count). The Morgan fingerprint density at radius 3 is 2.68 bits per heavy atom. The maximum atomic E-state index is 12.9. The van der Waals surface area contributed by atoms with Gasteiger partial charge in [-0.25, -0.2) is 0 Å². The maximum Gasteiger partial charge on any atom is 0.289 e. The van der Waals surface area contributed by atoms with Crippen molar-refractivity contribution >= 4 is 11.6 Å². The first kappa shape index (κ1) is 15.8. The third-order valence-corrected chi connectivity index (χ3v) is 5.07. The van der Waals surface area contributed by atoms with Crippen LogP contribution in [-0.4, -0.2) is 52.9 Å². The number of furan rings is 1. The van der Waals surface area contributed by atoms with Gasteiger partial charge in [0, 0.05) is 49.9 Å². The number of nitro groups is 1. The lowest BCUT2D eigenvalue weighted by Crippen LogP contribution is -2.41. The summed E-state index contributed by atoms with van der Waals surface area (Å²) in [4.78, 5) is 27.7. The molecule has 1 aromatic heterocycles. The van der Waals surface area contributed by atoms with Crippen LogP contribution in [0.25, 0.3) is 11.3 Å². The van der Waals surface area contributed by atoms with Gasteiger partial charge >= 0.3 is 0 Å². The zero-order valence-corrected chi connectivity index (χ0v) is 13.8. The van der Waals surface area contributed by atoms with Gasteiger partial charge in [0.25, 0.3) is 11.6 Å². The van der Waals surface area contributed by atoms with Gasteiger partial charge in [-0.15, -0.1) is 0 Å². The van der Waals surface area contributed by atoms with Crippen LogP contribution in [0, 0.1) is 10.1 Å². The summed E-state index contributed by atoms with van der Waals surface area (Å²) in [6.07, 6.45) is 2.01. The second-order valence-corrected chi connectivity index (χ2v) is 6.54. The van der Waals surface area contributed by atoms with Gasteiger partial charge in [0.15, 0.2) is 5.76 Å². The number of nitro benzene ring substituents is 1. The zero-order chi connectivity index (χ0) is 17.4. The number of carbonyl (C=O) groups excluding carboxylic acids is 1. The van der Waals surface area contributed by atoms with Gasteiger partial charge in [-0.3, -0.25) is 14.9 Å². The van der Waals surface area contributed by atoms with Crippen molar-refractivity contribution in [2.45, 2.75) is 18.9 Å². The van der Waals surface area contributed by atoms with Crippen molar-refractivity contribution in [2.75, 3.05) is 26.2 Å². The average Bonchev–Trinajstić information content (AvgIpc) is 2.94. The Labute approximate surface area is 145 Å². The van der Waals surface area contributed by atoms with E-state index in [-0.39, 0.29) is 17.6 Å². The van der Waals surface area contributed by atoms with Crippen LogP contribution in [0.4, 0.5) is 5.69 Å². The van der Waals surface area contributed by atoms with Gasteiger partial charge in [0.1, 0.15) is 5.76 Å². The topological polar surface area (TPSA) is 79.8 Å². The van der Waals surface area contributed by atoms with E-state index in [9.17, 15) is 14.9 Å². The Kier molecular flexibility index (Phi) is 4.01. The van der Waals surface area contributed by atoms with Crippen LogP contribution in [0.2, 0.25) is 0 Å². The Morgan fingerprint density at radius 1 is 1.12 bits per heavy atom. The number of benzene rings is 1. The van der Waals surface area contributed by atoms with Crippen LogP contribution < -0.4 is 0 Å². The molecular formula is C18H19N3O4. The molecule has 3 aliphatic rings. The molecule has 3 saturated heterocycles. The summed E-state index contributed by atoms with van der Waals surface area (Å²) in [5.41, 5.74) is 0.594. The van der Waals surface area contributed by atoms with Gasteiger partial charge in [0.2, 0.25) is 0 Å². The summed E-state index contributed by atoms with van der Waals surface area (Å²) >= 11 is 0. The lowest BCUT2D eigenvalue weighted by Gasteiger charge is -2.30. The predicted octanol–water partition coefficient (Wildman–Crippen LogP) is 2.78. The molecule has 2 aromatic rings. The fraction of sp³-hybridized carbons (Fsp3) is 0.389. The van der Waals surface area contributed by atoms with Gasteiger partial charge in [-0.2, -0.15) is 0 Å². The quantitative estimate of drug-likeness (QED) is 0.633. The minimum Gasteiger partial charge on any atom is -0.451 e. The van der Waals surface area contributed by atoms with Crippen LogP contribution in [0.15, 0.2) is 40.8 Å². The number of hydrogen-bond acceptors (Lipinski definition) is 5. The Hall–Kier alpha value is -2.67. The van der Waals surface area contributed by atoms with Gasteiger partial charge in [-0.05, 0) is 25.0 Å².